The van der Waals surface area contributed by atoms with Gasteiger partial charge < -0.3 is 19.7 Å². The van der Waals surface area contributed by atoms with E-state index in [4.69, 9.17) is 9.47 Å². The number of rotatable bonds is 8. The van der Waals surface area contributed by atoms with Gasteiger partial charge in [-0.15, -0.1) is 0 Å². The molecule has 32 heavy (non-hydrogen) atoms. The molecule has 7 nitrogen and oxygen atoms in total. The van der Waals surface area contributed by atoms with Crippen LogP contribution in [0, 0.1) is 12.8 Å². The maximum Gasteiger partial charge on any atom is 0.225 e. The Kier molecular flexibility index (Phi) is 7.58. The van der Waals surface area contributed by atoms with Crippen molar-refractivity contribution >= 4 is 11.7 Å². The van der Waals surface area contributed by atoms with Crippen molar-refractivity contribution in [1.29, 1.82) is 0 Å². The second-order valence-corrected chi connectivity index (χ2v) is 8.86. The van der Waals surface area contributed by atoms with Gasteiger partial charge in [0.05, 0.1) is 19.6 Å². The van der Waals surface area contributed by atoms with Crippen molar-refractivity contribution in [2.24, 2.45) is 5.92 Å². The van der Waals surface area contributed by atoms with Crippen molar-refractivity contribution in [2.75, 3.05) is 32.1 Å². The topological polar surface area (TPSA) is 76.6 Å². The van der Waals surface area contributed by atoms with Gasteiger partial charge in [0.2, 0.25) is 5.91 Å². The third-order valence-electron chi connectivity index (χ3n) is 6.39. The highest BCUT2D eigenvalue weighted by Gasteiger charge is 2.26. The minimum absolute atomic E-state index is 0.132. The van der Waals surface area contributed by atoms with E-state index in [2.05, 4.69) is 27.4 Å². The maximum atomic E-state index is 12.5. The summed E-state index contributed by atoms with van der Waals surface area (Å²) in [6.45, 7) is 5.09. The van der Waals surface area contributed by atoms with E-state index < -0.39 is 0 Å². The van der Waals surface area contributed by atoms with Crippen molar-refractivity contribution in [3.8, 4) is 5.75 Å². The van der Waals surface area contributed by atoms with E-state index >= 15 is 0 Å². The third-order valence-corrected chi connectivity index (χ3v) is 6.39. The lowest BCUT2D eigenvalue weighted by molar-refractivity contribution is -0.134. The maximum absolute atomic E-state index is 12.5. The van der Waals surface area contributed by atoms with Crippen LogP contribution in [0.2, 0.25) is 0 Å². The molecule has 1 amide bonds. The van der Waals surface area contributed by atoms with Crippen LogP contribution in [-0.2, 0) is 22.5 Å². The number of methoxy groups -OCH3 is 1. The average Bonchev–Trinajstić information content (AvgIpc) is 3.31. The van der Waals surface area contributed by atoms with Gasteiger partial charge in [0.25, 0.3) is 0 Å². The fourth-order valence-corrected chi connectivity index (χ4v) is 4.61. The van der Waals surface area contributed by atoms with Gasteiger partial charge in [-0.1, -0.05) is 12.1 Å². The number of ether oxygens (including phenoxy) is 2. The van der Waals surface area contributed by atoms with Crippen LogP contribution < -0.4 is 10.1 Å². The Morgan fingerprint density at radius 3 is 2.81 bits per heavy atom. The highest BCUT2D eigenvalue weighted by molar-refractivity contribution is 5.76. The van der Waals surface area contributed by atoms with Gasteiger partial charge in [0, 0.05) is 38.0 Å². The van der Waals surface area contributed by atoms with Crippen LogP contribution in [0.4, 0.5) is 5.82 Å². The van der Waals surface area contributed by atoms with Crippen LogP contribution in [0.15, 0.2) is 30.3 Å². The Labute approximate surface area is 190 Å². The van der Waals surface area contributed by atoms with E-state index in [0.717, 1.165) is 80.4 Å². The number of amides is 1. The average molecular weight is 439 g/mol. The lowest BCUT2D eigenvalue weighted by Crippen LogP contribution is -2.40. The molecule has 0 bridgehead atoms. The van der Waals surface area contributed by atoms with Crippen molar-refractivity contribution in [3.63, 3.8) is 0 Å². The number of aryl methyl sites for hydroxylation is 1. The van der Waals surface area contributed by atoms with E-state index in [0.29, 0.717) is 18.9 Å². The summed E-state index contributed by atoms with van der Waals surface area (Å²) in [4.78, 5) is 23.8. The number of carbonyl (C=O) groups is 1. The number of anilines is 1. The van der Waals surface area contributed by atoms with Crippen molar-refractivity contribution < 1.29 is 14.3 Å². The lowest BCUT2D eigenvalue weighted by Gasteiger charge is -2.32. The number of aromatic nitrogens is 2. The summed E-state index contributed by atoms with van der Waals surface area (Å²) in [5, 5.41) is 3.42. The first kappa shape index (κ1) is 22.5. The number of likely N-dealkylation sites (tertiary alicyclic amines) is 1. The number of hydrogen-bond donors (Lipinski definition) is 1. The first-order chi connectivity index (χ1) is 15.6. The Bertz CT molecular complexity index is 906. The molecule has 2 aliphatic rings. The monoisotopic (exact) mass is 438 g/mol. The zero-order valence-electron chi connectivity index (χ0n) is 19.2. The SMILES string of the molecule is COc1cccc(CNc2cc(CC3CCN(C(=O)C[C@@H]4CCCO4)CC3)nc(C)n2)c1. The molecule has 0 spiro atoms. The molecule has 2 aromatic rings. The summed E-state index contributed by atoms with van der Waals surface area (Å²) < 4.78 is 10.9. The minimum Gasteiger partial charge on any atom is -0.497 e. The second-order valence-electron chi connectivity index (χ2n) is 8.86. The molecule has 1 aromatic carbocycles. The predicted octanol–water partition coefficient (Wildman–Crippen LogP) is 3.76. The normalized spacial score (nSPS) is 19.2. The van der Waals surface area contributed by atoms with Crippen LogP contribution in [0.3, 0.4) is 0 Å². The Balaban J connectivity index is 1.28. The van der Waals surface area contributed by atoms with E-state index in [9.17, 15) is 4.79 Å². The van der Waals surface area contributed by atoms with Crippen LogP contribution in [0.25, 0.3) is 0 Å². The largest absolute Gasteiger partial charge is 0.497 e. The standard InChI is InChI=1S/C25H34N4O3/c1-18-27-21(15-24(28-18)26-17-20-5-3-6-22(14-20)31-2)13-19-8-10-29(11-9-19)25(30)16-23-7-4-12-32-23/h3,5-6,14-15,19,23H,4,7-13,16-17H2,1-2H3,(H,26,27,28)/t23-/m0/s1. The summed E-state index contributed by atoms with van der Waals surface area (Å²) in [5.74, 6) is 3.27. The number of hydrogen-bond acceptors (Lipinski definition) is 6. The summed E-state index contributed by atoms with van der Waals surface area (Å²) in [6, 6.07) is 10.1. The molecule has 7 heteroatoms. The number of benzene rings is 1. The predicted molar refractivity (Wildman–Crippen MR) is 124 cm³/mol. The van der Waals surface area contributed by atoms with E-state index in [-0.39, 0.29) is 12.0 Å². The minimum atomic E-state index is 0.132. The second kappa shape index (κ2) is 10.8. The Hall–Kier alpha value is -2.67. The molecule has 0 unspecified atom stereocenters. The molecule has 1 atom stereocenters. The lowest BCUT2D eigenvalue weighted by atomic mass is 9.91. The number of nitrogens with zero attached hydrogens (tertiary/aromatic N) is 3. The molecular formula is C25H34N4O3. The van der Waals surface area contributed by atoms with Crippen LogP contribution in [0.1, 0.15) is 49.2 Å². The smallest absolute Gasteiger partial charge is 0.225 e. The zero-order chi connectivity index (χ0) is 22.3. The third kappa shape index (κ3) is 6.19. The molecule has 1 aromatic heterocycles. The van der Waals surface area contributed by atoms with E-state index in [1.165, 1.54) is 0 Å². The van der Waals surface area contributed by atoms with Crippen LogP contribution in [-0.4, -0.2) is 53.7 Å². The van der Waals surface area contributed by atoms with Gasteiger partial charge in [0.1, 0.15) is 17.4 Å². The van der Waals surface area contributed by atoms with E-state index in [1.54, 1.807) is 7.11 Å². The van der Waals surface area contributed by atoms with Gasteiger partial charge in [-0.25, -0.2) is 9.97 Å². The summed E-state index contributed by atoms with van der Waals surface area (Å²) in [7, 11) is 1.68. The zero-order valence-corrected chi connectivity index (χ0v) is 19.2. The number of nitrogens with one attached hydrogen (secondary N) is 1. The van der Waals surface area contributed by atoms with E-state index in [1.807, 2.05) is 30.0 Å². The fraction of sp³-hybridized carbons (Fsp3) is 0.560. The molecule has 2 saturated heterocycles. The molecule has 2 aliphatic heterocycles. The quantitative estimate of drug-likeness (QED) is 0.676. The van der Waals surface area contributed by atoms with Gasteiger partial charge in [-0.3, -0.25) is 4.79 Å². The van der Waals surface area contributed by atoms with Gasteiger partial charge in [0.15, 0.2) is 0 Å². The van der Waals surface area contributed by atoms with Crippen molar-refractivity contribution in [1.82, 2.24) is 14.9 Å². The number of piperidine rings is 1. The number of carbonyl (C=O) groups excluding carboxylic acids is 1. The Morgan fingerprint density at radius 1 is 1.22 bits per heavy atom. The first-order valence-corrected chi connectivity index (χ1v) is 11.7. The van der Waals surface area contributed by atoms with Crippen LogP contribution >= 0.6 is 0 Å². The summed E-state index contributed by atoms with van der Waals surface area (Å²) >= 11 is 0. The molecule has 1 N–H and O–H groups in total. The highest BCUT2D eigenvalue weighted by atomic mass is 16.5. The molecular weight excluding hydrogens is 404 g/mol. The molecule has 0 saturated carbocycles. The van der Waals surface area contributed by atoms with Gasteiger partial charge >= 0.3 is 0 Å². The highest BCUT2D eigenvalue weighted by Crippen LogP contribution is 2.24. The molecule has 2 fully saturated rings. The summed E-state index contributed by atoms with van der Waals surface area (Å²) in [5.41, 5.74) is 2.21. The van der Waals surface area contributed by atoms with Crippen molar-refractivity contribution in [3.05, 3.63) is 47.4 Å². The first-order valence-electron chi connectivity index (χ1n) is 11.7. The molecule has 0 aliphatic carbocycles. The summed E-state index contributed by atoms with van der Waals surface area (Å²) in [6.07, 6.45) is 5.73. The fourth-order valence-electron chi connectivity index (χ4n) is 4.61. The van der Waals surface area contributed by atoms with Crippen molar-refractivity contribution in [2.45, 2.75) is 58.1 Å². The Morgan fingerprint density at radius 2 is 2.06 bits per heavy atom. The van der Waals surface area contributed by atoms with Crippen LogP contribution in [0.5, 0.6) is 5.75 Å². The van der Waals surface area contributed by atoms with Gasteiger partial charge in [-0.05, 0) is 62.6 Å². The molecule has 3 heterocycles. The molecule has 0 radical (unpaired) electrons. The van der Waals surface area contributed by atoms with Gasteiger partial charge in [-0.2, -0.15) is 0 Å². The molecule has 4 rings (SSSR count). The molecule has 172 valence electrons.